The van der Waals surface area contributed by atoms with Gasteiger partial charge in [0.1, 0.15) is 0 Å². The summed E-state index contributed by atoms with van der Waals surface area (Å²) in [5, 5.41) is 16.0. The lowest BCUT2D eigenvalue weighted by atomic mass is 10.0. The molecule has 0 spiro atoms. The van der Waals surface area contributed by atoms with Gasteiger partial charge in [0.15, 0.2) is 6.17 Å². The molecule has 2 atom stereocenters. The number of fused-ring (bicyclic) bond motifs is 1. The number of benzene rings is 2. The van der Waals surface area contributed by atoms with Crippen LogP contribution < -0.4 is 5.32 Å². The zero-order valence-electron chi connectivity index (χ0n) is 16.8. The largest absolute Gasteiger partial charge is 0.358 e. The van der Waals surface area contributed by atoms with Crippen molar-refractivity contribution in [2.45, 2.75) is 19.3 Å². The number of aliphatic imine (C=N–C) groups is 1. The highest BCUT2D eigenvalue weighted by Gasteiger charge is 2.43. The number of nitrogens with one attached hydrogen (secondary N) is 1. The molecule has 4 rings (SSSR count). The third-order valence-electron chi connectivity index (χ3n) is 5.35. The van der Waals surface area contributed by atoms with Gasteiger partial charge in [-0.3, -0.25) is 4.79 Å². The van der Waals surface area contributed by atoms with Crippen LogP contribution in [0.2, 0.25) is 10.0 Å². The Hall–Kier alpha value is -2.62. The Morgan fingerprint density at radius 2 is 1.97 bits per heavy atom. The monoisotopic (exact) mass is 537 g/mol. The molecule has 2 unspecified atom stereocenters. The van der Waals surface area contributed by atoms with Gasteiger partial charge >= 0.3 is 5.82 Å². The Labute approximate surface area is 202 Å². The molecule has 2 aliphatic rings. The summed E-state index contributed by atoms with van der Waals surface area (Å²) in [7, 11) is 0. The predicted octanol–water partition coefficient (Wildman–Crippen LogP) is 4.54. The van der Waals surface area contributed by atoms with Crippen LogP contribution >= 0.6 is 39.1 Å². The zero-order valence-corrected chi connectivity index (χ0v) is 19.9. The number of amides is 1. The second kappa shape index (κ2) is 9.09. The van der Waals surface area contributed by atoms with Gasteiger partial charge in [0.25, 0.3) is 5.91 Å². The Morgan fingerprint density at radius 3 is 2.66 bits per heavy atom. The molecule has 32 heavy (non-hydrogen) atoms. The minimum atomic E-state index is -1.06. The van der Waals surface area contributed by atoms with Gasteiger partial charge in [-0.1, -0.05) is 57.3 Å². The van der Waals surface area contributed by atoms with E-state index in [1.165, 1.54) is 6.20 Å². The highest BCUT2D eigenvalue weighted by Crippen LogP contribution is 2.33. The number of halogens is 3. The Balaban J connectivity index is 1.88. The number of nitrogens with zero attached hydrogens (tertiary/aromatic N) is 4. The lowest BCUT2D eigenvalue weighted by Crippen LogP contribution is -2.47. The minimum absolute atomic E-state index is 0.0935. The van der Waals surface area contributed by atoms with E-state index in [9.17, 15) is 14.9 Å². The minimum Gasteiger partial charge on any atom is -0.358 e. The highest BCUT2D eigenvalue weighted by molar-refractivity contribution is 9.09. The maximum Gasteiger partial charge on any atom is 0.336 e. The van der Waals surface area contributed by atoms with Crippen LogP contribution in [0.25, 0.3) is 0 Å². The van der Waals surface area contributed by atoms with Crippen LogP contribution in [0, 0.1) is 10.1 Å². The van der Waals surface area contributed by atoms with Crippen molar-refractivity contribution in [3.05, 3.63) is 85.8 Å². The topological polar surface area (TPSA) is 91.1 Å². The molecule has 0 fully saturated rings. The van der Waals surface area contributed by atoms with Crippen molar-refractivity contribution in [2.75, 3.05) is 17.2 Å². The van der Waals surface area contributed by atoms with E-state index >= 15 is 0 Å². The third kappa shape index (κ3) is 4.07. The van der Waals surface area contributed by atoms with Gasteiger partial charge in [-0.2, -0.15) is 0 Å². The van der Waals surface area contributed by atoms with Gasteiger partial charge in [-0.05, 0) is 36.1 Å². The van der Waals surface area contributed by atoms with E-state index < -0.39 is 23.2 Å². The fraction of sp³-hybridized carbons (Fsp3) is 0.238. The third-order valence-corrected chi connectivity index (χ3v) is 6.27. The summed E-state index contributed by atoms with van der Waals surface area (Å²) >= 11 is 16.1. The number of carbonyl (C=O) groups is 1. The van der Waals surface area contributed by atoms with Crippen molar-refractivity contribution in [3.8, 4) is 0 Å². The molecule has 8 nitrogen and oxygen atoms in total. The van der Waals surface area contributed by atoms with Gasteiger partial charge in [0.05, 0.1) is 24.1 Å². The molecule has 0 radical (unpaired) electrons. The van der Waals surface area contributed by atoms with Gasteiger partial charge in [0, 0.05) is 26.5 Å². The maximum absolute atomic E-state index is 13.2. The SMILES string of the molecule is CC1N(CCBr)C([N+](=O)[O-])=CN1C1N=C(c2ccccc2Cl)c2cc(Cl)ccc2NC1=O. The highest BCUT2D eigenvalue weighted by atomic mass is 79.9. The van der Waals surface area contributed by atoms with E-state index in [-0.39, 0.29) is 5.82 Å². The lowest BCUT2D eigenvalue weighted by Gasteiger charge is -2.28. The summed E-state index contributed by atoms with van der Waals surface area (Å²) in [6.07, 6.45) is -0.156. The molecule has 0 saturated carbocycles. The molecular formula is C21H18BrCl2N5O3. The van der Waals surface area contributed by atoms with Crippen molar-refractivity contribution in [3.63, 3.8) is 0 Å². The van der Waals surface area contributed by atoms with E-state index in [0.29, 0.717) is 44.4 Å². The van der Waals surface area contributed by atoms with Crippen LogP contribution in [0.5, 0.6) is 0 Å². The predicted molar refractivity (Wildman–Crippen MR) is 128 cm³/mol. The van der Waals surface area contributed by atoms with Crippen molar-refractivity contribution in [1.82, 2.24) is 9.80 Å². The van der Waals surface area contributed by atoms with Crippen LogP contribution in [0.4, 0.5) is 5.69 Å². The summed E-state index contributed by atoms with van der Waals surface area (Å²) in [5.41, 5.74) is 2.24. The average molecular weight is 539 g/mol. The number of hydrogen-bond acceptors (Lipinski definition) is 6. The first kappa shape index (κ1) is 22.6. The number of anilines is 1. The Morgan fingerprint density at radius 1 is 1.22 bits per heavy atom. The second-order valence-corrected chi connectivity index (χ2v) is 8.85. The van der Waals surface area contributed by atoms with E-state index in [4.69, 9.17) is 28.2 Å². The number of benzodiazepines with no additional fused rings is 1. The average Bonchev–Trinajstić information content (AvgIpc) is 3.00. The quantitative estimate of drug-likeness (QED) is 0.343. The Kier molecular flexibility index (Phi) is 6.41. The second-order valence-electron chi connectivity index (χ2n) is 7.22. The van der Waals surface area contributed by atoms with Crippen LogP contribution in [0.15, 0.2) is 59.5 Å². The van der Waals surface area contributed by atoms with Gasteiger partial charge < -0.3 is 20.3 Å². The van der Waals surface area contributed by atoms with E-state index in [1.54, 1.807) is 47.1 Å². The molecular weight excluding hydrogens is 521 g/mol. The van der Waals surface area contributed by atoms with Crippen molar-refractivity contribution in [1.29, 1.82) is 0 Å². The summed E-state index contributed by atoms with van der Waals surface area (Å²) in [6.45, 7) is 2.19. The van der Waals surface area contributed by atoms with Crippen LogP contribution in [0.3, 0.4) is 0 Å². The van der Waals surface area contributed by atoms with Crippen molar-refractivity contribution >= 4 is 56.4 Å². The number of rotatable bonds is 5. The fourth-order valence-electron chi connectivity index (χ4n) is 3.83. The maximum atomic E-state index is 13.2. The Bertz CT molecular complexity index is 1160. The number of nitro groups is 1. The zero-order chi connectivity index (χ0) is 23.0. The number of alkyl halides is 1. The van der Waals surface area contributed by atoms with E-state index in [2.05, 4.69) is 21.2 Å². The molecule has 11 heteroatoms. The standard InChI is InChI=1S/C21H18BrCl2N5O3/c1-12-27(9-8-22)18(29(31)32)11-28(12)20-21(30)25-17-7-6-13(23)10-15(17)19(26-20)14-4-2-3-5-16(14)24/h2-7,10-12,20H,8-9H2,1H3,(H,25,30). The van der Waals surface area contributed by atoms with Crippen molar-refractivity contribution in [2.24, 2.45) is 4.99 Å². The van der Waals surface area contributed by atoms with Crippen LogP contribution in [-0.4, -0.2) is 50.5 Å². The summed E-state index contributed by atoms with van der Waals surface area (Å²) < 4.78 is 0. The van der Waals surface area contributed by atoms with Gasteiger partial charge in [-0.15, -0.1) is 0 Å². The summed E-state index contributed by atoms with van der Waals surface area (Å²) in [6, 6.07) is 12.3. The van der Waals surface area contributed by atoms with E-state index in [1.807, 2.05) is 12.1 Å². The molecule has 0 aromatic heterocycles. The van der Waals surface area contributed by atoms with Crippen LogP contribution in [0.1, 0.15) is 18.1 Å². The molecule has 2 aromatic rings. The smallest absolute Gasteiger partial charge is 0.336 e. The van der Waals surface area contributed by atoms with Gasteiger partial charge in [-0.25, -0.2) is 9.89 Å². The van der Waals surface area contributed by atoms with Gasteiger partial charge in [0.2, 0.25) is 6.17 Å². The number of carbonyl (C=O) groups excluding carboxylic acids is 1. The molecule has 0 bridgehead atoms. The molecule has 0 saturated heterocycles. The number of hydrogen-bond donors (Lipinski definition) is 1. The molecule has 2 aromatic carbocycles. The molecule has 2 heterocycles. The first-order valence-corrected chi connectivity index (χ1v) is 11.6. The molecule has 1 amide bonds. The first-order chi connectivity index (χ1) is 15.3. The first-order valence-electron chi connectivity index (χ1n) is 9.71. The molecule has 0 aliphatic carbocycles. The molecule has 2 aliphatic heterocycles. The van der Waals surface area contributed by atoms with Crippen molar-refractivity contribution < 1.29 is 9.72 Å². The summed E-state index contributed by atoms with van der Waals surface area (Å²) in [4.78, 5) is 32.4. The van der Waals surface area contributed by atoms with Crippen LogP contribution in [-0.2, 0) is 4.79 Å². The summed E-state index contributed by atoms with van der Waals surface area (Å²) in [5.74, 6) is -0.508. The molecule has 166 valence electrons. The fourth-order valence-corrected chi connectivity index (χ4v) is 4.61. The normalized spacial score (nSPS) is 20.3. The van der Waals surface area contributed by atoms with E-state index in [0.717, 1.165) is 0 Å². The lowest BCUT2D eigenvalue weighted by molar-refractivity contribution is -0.445. The molecule has 1 N–H and O–H groups in total.